The minimum atomic E-state index is 0.235. The Morgan fingerprint density at radius 1 is 1.11 bits per heavy atom. The molecular formula is C15H19N3O. The van der Waals surface area contributed by atoms with Gasteiger partial charge in [0.05, 0.1) is 0 Å². The zero-order valence-electron chi connectivity index (χ0n) is 11.0. The second kappa shape index (κ2) is 4.32. The highest BCUT2D eigenvalue weighted by Gasteiger charge is 2.34. The monoisotopic (exact) mass is 257 g/mol. The average Bonchev–Trinajstić information content (AvgIpc) is 3.02. The van der Waals surface area contributed by atoms with Crippen LogP contribution in [-0.2, 0) is 19.6 Å². The SMILES string of the molecule is O=C1c2cc3c(cc2CN1C1CCCNC1)CNC3. The van der Waals surface area contributed by atoms with E-state index in [1.807, 2.05) is 0 Å². The Morgan fingerprint density at radius 3 is 2.74 bits per heavy atom. The van der Waals surface area contributed by atoms with E-state index in [0.717, 1.165) is 44.7 Å². The molecule has 3 heterocycles. The molecule has 1 amide bonds. The van der Waals surface area contributed by atoms with Crippen molar-refractivity contribution in [3.63, 3.8) is 0 Å². The van der Waals surface area contributed by atoms with E-state index in [1.54, 1.807) is 0 Å². The molecule has 100 valence electrons. The number of amides is 1. The fourth-order valence-electron chi connectivity index (χ4n) is 3.54. The number of piperidine rings is 1. The highest BCUT2D eigenvalue weighted by molar-refractivity contribution is 5.99. The molecule has 4 heteroatoms. The number of benzene rings is 1. The molecule has 4 rings (SSSR count). The average molecular weight is 257 g/mol. The van der Waals surface area contributed by atoms with E-state index in [0.29, 0.717) is 6.04 Å². The highest BCUT2D eigenvalue weighted by atomic mass is 16.2. The van der Waals surface area contributed by atoms with Crippen LogP contribution in [0.25, 0.3) is 0 Å². The van der Waals surface area contributed by atoms with E-state index in [4.69, 9.17) is 0 Å². The lowest BCUT2D eigenvalue weighted by Gasteiger charge is -2.31. The molecule has 1 fully saturated rings. The van der Waals surface area contributed by atoms with Crippen molar-refractivity contribution in [2.75, 3.05) is 13.1 Å². The van der Waals surface area contributed by atoms with Crippen molar-refractivity contribution in [3.8, 4) is 0 Å². The van der Waals surface area contributed by atoms with E-state index in [9.17, 15) is 4.79 Å². The van der Waals surface area contributed by atoms with Crippen LogP contribution in [0.5, 0.6) is 0 Å². The van der Waals surface area contributed by atoms with Crippen molar-refractivity contribution in [1.82, 2.24) is 15.5 Å². The Morgan fingerprint density at radius 2 is 1.95 bits per heavy atom. The molecule has 19 heavy (non-hydrogen) atoms. The Kier molecular flexibility index (Phi) is 2.60. The van der Waals surface area contributed by atoms with Crippen molar-refractivity contribution in [2.24, 2.45) is 0 Å². The summed E-state index contributed by atoms with van der Waals surface area (Å²) in [6.07, 6.45) is 2.30. The van der Waals surface area contributed by atoms with Crippen LogP contribution in [0.3, 0.4) is 0 Å². The predicted molar refractivity (Wildman–Crippen MR) is 72.8 cm³/mol. The maximum atomic E-state index is 12.6. The standard InChI is InChI=1S/C15H19N3O/c19-15-14-5-11-7-17-6-10(11)4-12(14)9-18(15)13-2-1-3-16-8-13/h4-5,13,16-17H,1-3,6-9H2. The number of fused-ring (bicyclic) bond motifs is 2. The molecule has 1 unspecified atom stereocenters. The summed E-state index contributed by atoms with van der Waals surface area (Å²) in [6, 6.07) is 4.73. The van der Waals surface area contributed by atoms with Crippen molar-refractivity contribution < 1.29 is 4.79 Å². The van der Waals surface area contributed by atoms with Gasteiger partial charge >= 0.3 is 0 Å². The van der Waals surface area contributed by atoms with Crippen LogP contribution < -0.4 is 10.6 Å². The first-order valence-corrected chi connectivity index (χ1v) is 7.20. The summed E-state index contributed by atoms with van der Waals surface area (Å²) in [7, 11) is 0. The van der Waals surface area contributed by atoms with Crippen molar-refractivity contribution in [3.05, 3.63) is 34.4 Å². The van der Waals surface area contributed by atoms with Crippen molar-refractivity contribution in [1.29, 1.82) is 0 Å². The van der Waals surface area contributed by atoms with Gasteiger partial charge in [0.1, 0.15) is 0 Å². The number of carbonyl (C=O) groups is 1. The van der Waals surface area contributed by atoms with Gasteiger partial charge < -0.3 is 15.5 Å². The lowest BCUT2D eigenvalue weighted by molar-refractivity contribution is 0.0674. The first-order valence-electron chi connectivity index (χ1n) is 7.20. The second-order valence-electron chi connectivity index (χ2n) is 5.81. The molecule has 1 aromatic carbocycles. The van der Waals surface area contributed by atoms with E-state index in [1.165, 1.54) is 23.1 Å². The minimum absolute atomic E-state index is 0.235. The second-order valence-corrected chi connectivity index (χ2v) is 5.81. The van der Waals surface area contributed by atoms with Crippen LogP contribution in [0.4, 0.5) is 0 Å². The number of hydrogen-bond acceptors (Lipinski definition) is 3. The van der Waals surface area contributed by atoms with Crippen molar-refractivity contribution >= 4 is 5.91 Å². The lowest BCUT2D eigenvalue weighted by atomic mass is 10.0. The number of nitrogens with zero attached hydrogens (tertiary/aromatic N) is 1. The summed E-state index contributed by atoms with van der Waals surface area (Å²) in [6.45, 7) is 4.68. The summed E-state index contributed by atoms with van der Waals surface area (Å²) in [4.78, 5) is 14.6. The van der Waals surface area contributed by atoms with E-state index in [-0.39, 0.29) is 5.91 Å². The Hall–Kier alpha value is -1.39. The van der Waals surface area contributed by atoms with Crippen molar-refractivity contribution in [2.45, 2.75) is 38.5 Å². The molecule has 0 saturated carbocycles. The first kappa shape index (κ1) is 11.4. The van der Waals surface area contributed by atoms with Gasteiger partial charge in [-0.1, -0.05) is 6.07 Å². The van der Waals surface area contributed by atoms with E-state index >= 15 is 0 Å². The molecule has 0 bridgehead atoms. The zero-order chi connectivity index (χ0) is 12.8. The maximum Gasteiger partial charge on any atom is 0.254 e. The molecule has 3 aliphatic heterocycles. The quantitative estimate of drug-likeness (QED) is 0.789. The molecular weight excluding hydrogens is 238 g/mol. The fourth-order valence-corrected chi connectivity index (χ4v) is 3.54. The third-order valence-electron chi connectivity index (χ3n) is 4.60. The summed E-state index contributed by atoms with van der Waals surface area (Å²) in [5.74, 6) is 0.235. The molecule has 0 aliphatic carbocycles. The van der Waals surface area contributed by atoms with Crippen LogP contribution in [0.15, 0.2) is 12.1 Å². The van der Waals surface area contributed by atoms with Gasteiger partial charge in [-0.25, -0.2) is 0 Å². The number of nitrogens with one attached hydrogen (secondary N) is 2. The van der Waals surface area contributed by atoms with Gasteiger partial charge in [-0.3, -0.25) is 4.79 Å². The highest BCUT2D eigenvalue weighted by Crippen LogP contribution is 2.30. The smallest absolute Gasteiger partial charge is 0.254 e. The first-order chi connectivity index (χ1) is 9.33. The Labute approximate surface area is 113 Å². The van der Waals surface area contributed by atoms with Crippen LogP contribution in [0.1, 0.15) is 39.9 Å². The van der Waals surface area contributed by atoms with Gasteiger partial charge in [-0.2, -0.15) is 0 Å². The van der Waals surface area contributed by atoms with E-state index in [2.05, 4.69) is 27.7 Å². The summed E-state index contributed by atoms with van der Waals surface area (Å²) in [5, 5.41) is 6.75. The largest absolute Gasteiger partial charge is 0.330 e. The topological polar surface area (TPSA) is 44.4 Å². The molecule has 1 atom stereocenters. The molecule has 3 aliphatic rings. The van der Waals surface area contributed by atoms with Gasteiger partial charge in [-0.05, 0) is 42.1 Å². The number of rotatable bonds is 1. The van der Waals surface area contributed by atoms with Gasteiger partial charge in [0.25, 0.3) is 5.91 Å². The normalized spacial score (nSPS) is 25.6. The third kappa shape index (κ3) is 1.78. The van der Waals surface area contributed by atoms with Crippen LogP contribution >= 0.6 is 0 Å². The Balaban J connectivity index is 1.64. The van der Waals surface area contributed by atoms with Crippen LogP contribution in [0, 0.1) is 0 Å². The predicted octanol–water partition coefficient (Wildman–Crippen LogP) is 0.998. The summed E-state index contributed by atoms with van der Waals surface area (Å²) in [5.41, 5.74) is 4.83. The molecule has 4 nitrogen and oxygen atoms in total. The van der Waals surface area contributed by atoms with E-state index < -0.39 is 0 Å². The summed E-state index contributed by atoms with van der Waals surface area (Å²) < 4.78 is 0. The van der Waals surface area contributed by atoms with Gasteiger partial charge in [0, 0.05) is 37.8 Å². The molecule has 2 N–H and O–H groups in total. The fraction of sp³-hybridized carbons (Fsp3) is 0.533. The van der Waals surface area contributed by atoms with Crippen LogP contribution in [0.2, 0.25) is 0 Å². The van der Waals surface area contributed by atoms with Crippen LogP contribution in [-0.4, -0.2) is 29.9 Å². The molecule has 1 saturated heterocycles. The zero-order valence-corrected chi connectivity index (χ0v) is 11.0. The molecule has 0 spiro atoms. The van der Waals surface area contributed by atoms with Gasteiger partial charge in [0.2, 0.25) is 0 Å². The maximum absolute atomic E-state index is 12.6. The molecule has 0 radical (unpaired) electrons. The lowest BCUT2D eigenvalue weighted by Crippen LogP contribution is -2.46. The summed E-state index contributed by atoms with van der Waals surface area (Å²) >= 11 is 0. The van der Waals surface area contributed by atoms with Gasteiger partial charge in [0.15, 0.2) is 0 Å². The number of hydrogen-bond donors (Lipinski definition) is 2. The third-order valence-corrected chi connectivity index (χ3v) is 4.60. The van der Waals surface area contributed by atoms with Gasteiger partial charge in [-0.15, -0.1) is 0 Å². The molecule has 1 aromatic rings. The number of carbonyl (C=O) groups excluding carboxylic acids is 1. The minimum Gasteiger partial charge on any atom is -0.330 e. The Bertz CT molecular complexity index is 534. The molecule has 0 aromatic heterocycles.